The number of hydrogen-bond donors (Lipinski definition) is 1. The molecule has 0 fully saturated rings. The van der Waals surface area contributed by atoms with Gasteiger partial charge >= 0.3 is 5.97 Å². The Bertz CT molecular complexity index is 879. The van der Waals surface area contributed by atoms with Gasteiger partial charge in [-0.3, -0.25) is 0 Å². The van der Waals surface area contributed by atoms with Gasteiger partial charge in [-0.1, -0.05) is 57.8 Å². The largest absolute Gasteiger partial charge is 0.478 e. The summed E-state index contributed by atoms with van der Waals surface area (Å²) in [7, 11) is -3.20. The van der Waals surface area contributed by atoms with E-state index in [1.807, 2.05) is 25.1 Å². The monoisotopic (exact) mass is 370 g/mol. The zero-order valence-corrected chi connectivity index (χ0v) is 15.9. The highest BCUT2D eigenvalue weighted by Crippen LogP contribution is 2.59. The van der Waals surface area contributed by atoms with Gasteiger partial charge in [-0.2, -0.15) is 0 Å². The molecule has 2 aromatic rings. The van der Waals surface area contributed by atoms with Crippen molar-refractivity contribution < 1.29 is 19.0 Å². The van der Waals surface area contributed by atoms with Crippen molar-refractivity contribution in [2.24, 2.45) is 0 Å². The Morgan fingerprint density at radius 2 is 1.69 bits per heavy atom. The fourth-order valence-electron chi connectivity index (χ4n) is 3.26. The number of hydrogen-bond acceptors (Lipinski definition) is 1. The minimum absolute atomic E-state index is 0.180. The lowest BCUT2D eigenvalue weighted by Crippen LogP contribution is -2.27. The molecule has 1 aliphatic heterocycles. The van der Waals surface area contributed by atoms with E-state index in [4.69, 9.17) is 5.11 Å². The molecule has 1 N–H and O–H groups in total. The summed E-state index contributed by atoms with van der Waals surface area (Å²) in [6.07, 6.45) is 2.59. The van der Waals surface area contributed by atoms with E-state index < -0.39 is 16.6 Å². The van der Waals surface area contributed by atoms with Gasteiger partial charge in [0, 0.05) is 5.75 Å². The van der Waals surface area contributed by atoms with Gasteiger partial charge in [0.2, 0.25) is 0 Å². The summed E-state index contributed by atoms with van der Waals surface area (Å²) >= 11 is 0. The molecule has 0 saturated heterocycles. The third-order valence-corrected chi connectivity index (χ3v) is 6.80. The zero-order chi connectivity index (χ0) is 19.1. The summed E-state index contributed by atoms with van der Waals surface area (Å²) in [4.78, 5) is 11.4. The van der Waals surface area contributed by atoms with Crippen LogP contribution in [-0.2, 0) is 14.5 Å². The first-order valence-corrected chi connectivity index (χ1v) is 10.1. The van der Waals surface area contributed by atoms with Crippen LogP contribution in [0.2, 0.25) is 0 Å². The maximum atomic E-state index is 12.4. The molecule has 26 heavy (non-hydrogen) atoms. The summed E-state index contributed by atoms with van der Waals surface area (Å²) in [5.41, 5.74) is 3.80. The number of rotatable bonds is 3. The highest BCUT2D eigenvalue weighted by atomic mass is 32.3. The SMILES string of the molecule is CC(=Cc1ccc(C(=O)O)cc1)c1ccc2c(c1)C(C)(C)CCS2([O])[O]. The van der Waals surface area contributed by atoms with Crippen LogP contribution in [0.25, 0.3) is 11.6 Å². The number of carboxylic acid groups (broad SMARTS) is 1. The molecule has 0 saturated carbocycles. The number of carbonyl (C=O) groups is 1. The van der Waals surface area contributed by atoms with E-state index >= 15 is 0 Å². The summed E-state index contributed by atoms with van der Waals surface area (Å²) in [5.74, 6) is -0.757. The number of sulfone groups is 1. The number of benzene rings is 2. The summed E-state index contributed by atoms with van der Waals surface area (Å²) < 4.78 is 24.7. The van der Waals surface area contributed by atoms with Gasteiger partial charge in [0.25, 0.3) is 0 Å². The van der Waals surface area contributed by atoms with Crippen LogP contribution in [0, 0.1) is 0 Å². The van der Waals surface area contributed by atoms with Gasteiger partial charge in [-0.25, -0.2) is 4.79 Å². The second-order valence-electron chi connectivity index (χ2n) is 7.42. The van der Waals surface area contributed by atoms with Crippen molar-refractivity contribution in [3.05, 3.63) is 64.7 Å². The number of fused-ring (bicyclic) bond motifs is 1. The maximum Gasteiger partial charge on any atom is 0.335 e. The van der Waals surface area contributed by atoms with Crippen LogP contribution in [0.1, 0.15) is 54.2 Å². The van der Waals surface area contributed by atoms with Crippen LogP contribution in [-0.4, -0.2) is 16.8 Å². The molecule has 0 unspecified atom stereocenters. The van der Waals surface area contributed by atoms with Crippen LogP contribution >= 0.6 is 10.6 Å². The molecule has 0 bridgehead atoms. The van der Waals surface area contributed by atoms with Crippen LogP contribution in [0.3, 0.4) is 0 Å². The fourth-order valence-corrected chi connectivity index (χ4v) is 5.21. The van der Waals surface area contributed by atoms with Crippen molar-refractivity contribution in [2.75, 3.05) is 5.75 Å². The van der Waals surface area contributed by atoms with Gasteiger partial charge < -0.3 is 5.11 Å². The van der Waals surface area contributed by atoms with Crippen LogP contribution in [0.4, 0.5) is 0 Å². The van der Waals surface area contributed by atoms with Gasteiger partial charge in [0.15, 0.2) is 0 Å². The normalized spacial score (nSPS) is 19.5. The second kappa shape index (κ2) is 6.58. The molecule has 3 rings (SSSR count). The summed E-state index contributed by atoms with van der Waals surface area (Å²) in [5, 5.41) is 8.98. The Morgan fingerprint density at radius 1 is 1.08 bits per heavy atom. The highest BCUT2D eigenvalue weighted by molar-refractivity contribution is 8.24. The third kappa shape index (κ3) is 3.56. The Hall–Kier alpha value is -2.08. The number of aromatic carboxylic acids is 1. The lowest BCUT2D eigenvalue weighted by molar-refractivity contribution is 0.0697. The summed E-state index contributed by atoms with van der Waals surface area (Å²) in [6, 6.07) is 12.2. The molecular weight excluding hydrogens is 348 g/mol. The molecule has 1 heterocycles. The molecule has 0 aliphatic carbocycles. The van der Waals surface area contributed by atoms with Crippen molar-refractivity contribution >= 4 is 28.2 Å². The minimum atomic E-state index is -3.20. The molecule has 136 valence electrons. The zero-order valence-electron chi connectivity index (χ0n) is 15.1. The average molecular weight is 370 g/mol. The Labute approximate surface area is 155 Å². The van der Waals surface area contributed by atoms with Crippen LogP contribution in [0.5, 0.6) is 0 Å². The number of allylic oxidation sites excluding steroid dienone is 1. The number of carboxylic acids is 1. The van der Waals surface area contributed by atoms with Crippen molar-refractivity contribution in [3.8, 4) is 0 Å². The van der Waals surface area contributed by atoms with Crippen molar-refractivity contribution in [3.63, 3.8) is 0 Å². The smallest absolute Gasteiger partial charge is 0.335 e. The molecule has 2 radical (unpaired) electrons. The van der Waals surface area contributed by atoms with Gasteiger partial charge in [0.1, 0.15) is 0 Å². The minimum Gasteiger partial charge on any atom is -0.478 e. The highest BCUT2D eigenvalue weighted by Gasteiger charge is 2.37. The second-order valence-corrected chi connectivity index (χ2v) is 9.50. The van der Waals surface area contributed by atoms with Gasteiger partial charge in [-0.15, -0.1) is 0 Å². The fraction of sp³-hybridized carbons (Fsp3) is 0.286. The molecule has 0 atom stereocenters. The first-order valence-electron chi connectivity index (χ1n) is 8.49. The molecule has 4 nitrogen and oxygen atoms in total. The Morgan fingerprint density at radius 3 is 2.31 bits per heavy atom. The first kappa shape index (κ1) is 18.7. The Kier molecular flexibility index (Phi) is 4.73. The Balaban J connectivity index is 1.98. The molecule has 0 amide bonds. The maximum absolute atomic E-state index is 12.4. The molecule has 2 aromatic carbocycles. The van der Waals surface area contributed by atoms with Crippen LogP contribution in [0.15, 0.2) is 47.4 Å². The van der Waals surface area contributed by atoms with E-state index in [2.05, 4.69) is 13.8 Å². The quantitative estimate of drug-likeness (QED) is 0.726. The van der Waals surface area contributed by atoms with Gasteiger partial charge in [-0.05, 0) is 65.3 Å². The topological polar surface area (TPSA) is 77.1 Å². The van der Waals surface area contributed by atoms with Crippen LogP contribution < -0.4 is 0 Å². The molecule has 0 spiro atoms. The third-order valence-electron chi connectivity index (χ3n) is 5.04. The molecular formula is C21H22O4S. The van der Waals surface area contributed by atoms with Gasteiger partial charge in [0.05, 0.1) is 10.5 Å². The van der Waals surface area contributed by atoms with Crippen molar-refractivity contribution in [1.82, 2.24) is 0 Å². The van der Waals surface area contributed by atoms with E-state index in [0.717, 1.165) is 22.3 Å². The lowest BCUT2D eigenvalue weighted by Gasteiger charge is -2.41. The first-order chi connectivity index (χ1) is 12.1. The molecule has 1 aliphatic rings. The lowest BCUT2D eigenvalue weighted by atomic mass is 9.80. The van der Waals surface area contributed by atoms with E-state index in [1.165, 1.54) is 0 Å². The standard InChI is InChI=1S/C21H22O4S/c1-14(12-15-4-6-16(7-5-15)20(22)23)17-8-9-19-18(13-17)21(2,3)10-11-26(19,24)25/h4-9,12-13H,10-11H2,1-3H3,(H,22,23). The molecule has 0 aromatic heterocycles. The predicted molar refractivity (Wildman–Crippen MR) is 103 cm³/mol. The van der Waals surface area contributed by atoms with Crippen molar-refractivity contribution in [2.45, 2.75) is 37.5 Å². The van der Waals surface area contributed by atoms with E-state index in [-0.39, 0.29) is 16.7 Å². The van der Waals surface area contributed by atoms with E-state index in [0.29, 0.717) is 11.3 Å². The molecule has 5 heteroatoms. The van der Waals surface area contributed by atoms with E-state index in [1.54, 1.807) is 30.3 Å². The van der Waals surface area contributed by atoms with Crippen molar-refractivity contribution in [1.29, 1.82) is 0 Å². The predicted octanol–water partition coefficient (Wildman–Crippen LogP) is 5.48. The average Bonchev–Trinajstić information content (AvgIpc) is 2.59. The van der Waals surface area contributed by atoms with E-state index in [9.17, 15) is 13.9 Å². The summed E-state index contributed by atoms with van der Waals surface area (Å²) in [6.45, 7) is 6.12.